The lowest BCUT2D eigenvalue weighted by atomic mass is 9.92. The number of Topliss-reactive ketones (excluding diaryl/α,β-unsaturated/α-hetero) is 1. The van der Waals surface area contributed by atoms with Crippen LogP contribution in [0.2, 0.25) is 0 Å². The molecule has 1 atom stereocenters. The number of hydrogen-bond donors (Lipinski definition) is 1. The van der Waals surface area contributed by atoms with E-state index in [2.05, 4.69) is 15.9 Å². The first kappa shape index (κ1) is 20.0. The number of aryl methyl sites for hydroxylation is 1. The summed E-state index contributed by atoms with van der Waals surface area (Å²) in [6, 6.07) is 18.7. The Kier molecular flexibility index (Phi) is 5.26. The summed E-state index contributed by atoms with van der Waals surface area (Å²) in [5.41, 5.74) is 2.37. The van der Waals surface area contributed by atoms with E-state index in [0.717, 1.165) is 10.0 Å². The van der Waals surface area contributed by atoms with Gasteiger partial charge in [-0.25, -0.2) is 4.39 Å². The number of carbonyl (C=O) groups excluding carboxylic acids is 2. The fourth-order valence-corrected chi connectivity index (χ4v) is 3.92. The van der Waals surface area contributed by atoms with Crippen molar-refractivity contribution < 1.29 is 19.1 Å². The van der Waals surface area contributed by atoms with Gasteiger partial charge in [0.2, 0.25) is 0 Å². The van der Waals surface area contributed by atoms with E-state index in [0.29, 0.717) is 16.8 Å². The molecule has 150 valence electrons. The molecule has 0 bridgehead atoms. The molecule has 1 fully saturated rings. The van der Waals surface area contributed by atoms with Crippen molar-refractivity contribution >= 4 is 39.1 Å². The van der Waals surface area contributed by atoms with Crippen LogP contribution in [0.3, 0.4) is 0 Å². The van der Waals surface area contributed by atoms with Gasteiger partial charge in [-0.1, -0.05) is 52.3 Å². The highest BCUT2D eigenvalue weighted by molar-refractivity contribution is 9.10. The first-order valence-electron chi connectivity index (χ1n) is 9.26. The van der Waals surface area contributed by atoms with Gasteiger partial charge in [0.15, 0.2) is 0 Å². The van der Waals surface area contributed by atoms with Crippen LogP contribution < -0.4 is 4.90 Å². The first-order valence-corrected chi connectivity index (χ1v) is 10.1. The number of aliphatic hydroxyl groups is 1. The molecular formula is C24H17BrFNO3. The molecule has 0 radical (unpaired) electrons. The quantitative estimate of drug-likeness (QED) is 0.314. The second-order valence-electron chi connectivity index (χ2n) is 7.01. The highest BCUT2D eigenvalue weighted by Crippen LogP contribution is 2.43. The van der Waals surface area contributed by atoms with Crippen LogP contribution in [0.25, 0.3) is 5.76 Å². The molecule has 1 saturated heterocycles. The number of carbonyl (C=O) groups is 2. The van der Waals surface area contributed by atoms with E-state index in [1.54, 1.807) is 24.3 Å². The van der Waals surface area contributed by atoms with E-state index in [1.807, 2.05) is 31.2 Å². The molecule has 1 N–H and O–H groups in total. The largest absolute Gasteiger partial charge is 0.507 e. The minimum Gasteiger partial charge on any atom is -0.507 e. The van der Waals surface area contributed by atoms with Gasteiger partial charge in [0.05, 0.1) is 11.6 Å². The molecule has 1 amide bonds. The Morgan fingerprint density at radius 2 is 1.60 bits per heavy atom. The van der Waals surface area contributed by atoms with Crippen molar-refractivity contribution in [1.29, 1.82) is 0 Å². The Bertz CT molecular complexity index is 1170. The van der Waals surface area contributed by atoms with Crippen LogP contribution in [-0.4, -0.2) is 16.8 Å². The van der Waals surface area contributed by atoms with E-state index in [1.165, 1.54) is 29.2 Å². The second-order valence-corrected chi connectivity index (χ2v) is 7.92. The second kappa shape index (κ2) is 7.88. The van der Waals surface area contributed by atoms with Crippen LogP contribution in [0, 0.1) is 12.7 Å². The molecule has 30 heavy (non-hydrogen) atoms. The normalized spacial score (nSPS) is 18.1. The number of anilines is 1. The van der Waals surface area contributed by atoms with Crippen molar-refractivity contribution in [1.82, 2.24) is 0 Å². The van der Waals surface area contributed by atoms with E-state index >= 15 is 0 Å². The van der Waals surface area contributed by atoms with Crippen molar-refractivity contribution in [2.45, 2.75) is 13.0 Å². The summed E-state index contributed by atoms with van der Waals surface area (Å²) in [4.78, 5) is 27.4. The molecule has 0 saturated carbocycles. The molecular weight excluding hydrogens is 449 g/mol. The number of benzene rings is 3. The van der Waals surface area contributed by atoms with E-state index in [4.69, 9.17) is 0 Å². The summed E-state index contributed by atoms with van der Waals surface area (Å²) in [6.45, 7) is 1.87. The van der Waals surface area contributed by atoms with Gasteiger partial charge >= 0.3 is 0 Å². The van der Waals surface area contributed by atoms with Gasteiger partial charge < -0.3 is 5.11 Å². The zero-order chi connectivity index (χ0) is 21.4. The van der Waals surface area contributed by atoms with Crippen molar-refractivity contribution in [3.05, 3.63) is 105 Å². The molecule has 3 aromatic rings. The lowest BCUT2D eigenvalue weighted by Crippen LogP contribution is -2.29. The predicted octanol–water partition coefficient (Wildman–Crippen LogP) is 5.52. The van der Waals surface area contributed by atoms with Crippen LogP contribution in [-0.2, 0) is 9.59 Å². The molecule has 1 aliphatic rings. The molecule has 0 aliphatic carbocycles. The molecule has 4 rings (SSSR count). The Morgan fingerprint density at radius 3 is 2.23 bits per heavy atom. The molecule has 6 heteroatoms. The third kappa shape index (κ3) is 3.44. The van der Waals surface area contributed by atoms with Crippen LogP contribution in [0.4, 0.5) is 10.1 Å². The predicted molar refractivity (Wildman–Crippen MR) is 117 cm³/mol. The number of aliphatic hydroxyl groups excluding tert-OH is 1. The maximum absolute atomic E-state index is 13.5. The van der Waals surface area contributed by atoms with Crippen LogP contribution >= 0.6 is 15.9 Å². The number of hydrogen-bond acceptors (Lipinski definition) is 3. The Balaban J connectivity index is 1.96. The molecule has 0 aromatic heterocycles. The number of nitrogens with zero attached hydrogens (tertiary/aromatic N) is 1. The van der Waals surface area contributed by atoms with Crippen molar-refractivity contribution in [2.75, 3.05) is 4.90 Å². The SMILES string of the molecule is Cc1ccccc1C1/C(=C(/O)c2ccc(Br)cc2)C(=O)C(=O)N1c1ccc(F)cc1. The summed E-state index contributed by atoms with van der Waals surface area (Å²) >= 11 is 3.35. The van der Waals surface area contributed by atoms with Crippen LogP contribution in [0.1, 0.15) is 22.7 Å². The van der Waals surface area contributed by atoms with Crippen LogP contribution in [0.15, 0.2) is 82.8 Å². The highest BCUT2D eigenvalue weighted by Gasteiger charge is 2.47. The number of halogens is 2. The van der Waals surface area contributed by atoms with Gasteiger partial charge in [0.25, 0.3) is 11.7 Å². The maximum Gasteiger partial charge on any atom is 0.300 e. The lowest BCUT2D eigenvalue weighted by molar-refractivity contribution is -0.132. The van der Waals surface area contributed by atoms with Gasteiger partial charge in [0, 0.05) is 15.7 Å². The smallest absolute Gasteiger partial charge is 0.300 e. The van der Waals surface area contributed by atoms with E-state index in [-0.39, 0.29) is 11.3 Å². The third-order valence-corrected chi connectivity index (χ3v) is 5.68. The minimum atomic E-state index is -0.833. The third-order valence-electron chi connectivity index (χ3n) is 5.15. The zero-order valence-corrected chi connectivity index (χ0v) is 17.6. The van der Waals surface area contributed by atoms with Crippen molar-refractivity contribution in [2.24, 2.45) is 0 Å². The van der Waals surface area contributed by atoms with E-state index < -0.39 is 23.5 Å². The molecule has 1 unspecified atom stereocenters. The number of rotatable bonds is 3. The number of ketones is 1. The van der Waals surface area contributed by atoms with Gasteiger partial charge in [-0.15, -0.1) is 0 Å². The fraction of sp³-hybridized carbons (Fsp3) is 0.0833. The van der Waals surface area contributed by atoms with Gasteiger partial charge in [-0.3, -0.25) is 14.5 Å². The Labute approximate surface area is 181 Å². The van der Waals surface area contributed by atoms with Crippen LogP contribution in [0.5, 0.6) is 0 Å². The maximum atomic E-state index is 13.5. The lowest BCUT2D eigenvalue weighted by Gasteiger charge is -2.26. The number of amides is 1. The summed E-state index contributed by atoms with van der Waals surface area (Å²) in [7, 11) is 0. The Hall–Kier alpha value is -3.25. The average molecular weight is 466 g/mol. The topological polar surface area (TPSA) is 57.6 Å². The highest BCUT2D eigenvalue weighted by atomic mass is 79.9. The molecule has 1 heterocycles. The van der Waals surface area contributed by atoms with E-state index in [9.17, 15) is 19.1 Å². The first-order chi connectivity index (χ1) is 14.4. The van der Waals surface area contributed by atoms with Crippen molar-refractivity contribution in [3.63, 3.8) is 0 Å². The Morgan fingerprint density at radius 1 is 0.967 bits per heavy atom. The van der Waals surface area contributed by atoms with Gasteiger partial charge in [-0.05, 0) is 54.4 Å². The zero-order valence-electron chi connectivity index (χ0n) is 16.0. The molecule has 1 aliphatic heterocycles. The minimum absolute atomic E-state index is 0.000877. The molecule has 0 spiro atoms. The average Bonchev–Trinajstić information content (AvgIpc) is 3.00. The molecule has 4 nitrogen and oxygen atoms in total. The monoisotopic (exact) mass is 465 g/mol. The van der Waals surface area contributed by atoms with Gasteiger partial charge in [0.1, 0.15) is 11.6 Å². The summed E-state index contributed by atoms with van der Waals surface area (Å²) in [5.74, 6) is -2.25. The molecule has 3 aromatic carbocycles. The summed E-state index contributed by atoms with van der Waals surface area (Å²) < 4.78 is 14.3. The van der Waals surface area contributed by atoms with Gasteiger partial charge in [-0.2, -0.15) is 0 Å². The van der Waals surface area contributed by atoms with Crippen molar-refractivity contribution in [3.8, 4) is 0 Å². The summed E-state index contributed by atoms with van der Waals surface area (Å²) in [5, 5.41) is 11.0. The standard InChI is InChI=1S/C24H17BrFNO3/c1-14-4-2-3-5-19(14)21-20(22(28)15-6-8-16(25)9-7-15)23(29)24(30)27(21)18-12-10-17(26)11-13-18/h2-13,21,28H,1H3/b22-20-. The fourth-order valence-electron chi connectivity index (χ4n) is 3.65. The summed E-state index contributed by atoms with van der Waals surface area (Å²) in [6.07, 6.45) is 0.